The number of allylic oxidation sites excluding steroid dienone is 3. The Morgan fingerprint density at radius 2 is 2.00 bits per heavy atom. The first-order valence-electron chi connectivity index (χ1n) is 21.0. The number of Topliss-reactive ketones (excluding diaryl/α,β-unsaturated/α-hetero) is 1. The summed E-state index contributed by atoms with van der Waals surface area (Å²) >= 11 is 0. The van der Waals surface area contributed by atoms with Crippen molar-refractivity contribution in [1.82, 2.24) is 4.90 Å². The van der Waals surface area contributed by atoms with Crippen molar-refractivity contribution < 1.29 is 53.4 Å². The fraction of sp³-hybridized carbons (Fsp3) is 0.522. The molecule has 0 bridgehead atoms. The minimum absolute atomic E-state index is 0.0201. The molecule has 0 aromatic heterocycles. The van der Waals surface area contributed by atoms with Gasteiger partial charge in [0.2, 0.25) is 5.76 Å². The maximum atomic E-state index is 13.7. The summed E-state index contributed by atoms with van der Waals surface area (Å²) in [5.41, 5.74) is 1.90. The highest BCUT2D eigenvalue weighted by Gasteiger charge is 2.54. The van der Waals surface area contributed by atoms with E-state index in [0.29, 0.717) is 66.9 Å². The molecular weight excluding hydrogens is 757 g/mol. The van der Waals surface area contributed by atoms with Crippen LogP contribution in [0.25, 0.3) is 11.6 Å². The van der Waals surface area contributed by atoms with Gasteiger partial charge in [-0.25, -0.2) is 4.79 Å². The van der Waals surface area contributed by atoms with Gasteiger partial charge in [0, 0.05) is 75.6 Å². The summed E-state index contributed by atoms with van der Waals surface area (Å²) in [7, 11) is 1.71. The maximum absolute atomic E-state index is 13.7. The summed E-state index contributed by atoms with van der Waals surface area (Å²) < 4.78 is 30.5. The van der Waals surface area contributed by atoms with Crippen molar-refractivity contribution in [2.75, 3.05) is 59.7 Å². The molecule has 8 rings (SSSR count). The SMILES string of the molecule is CCOC(=O)C1=C(C=O)/C(=C2\CCC(=O)[C@@H](c3ccc4c(c3)=CCN=4)C2)c2c(OCCCO)c3c(c(CO)c2O1)O[C@H]([C@@]1(O)CC=C[C@@H]2CN(CCCOC)CC[C@H]21)C3. The van der Waals surface area contributed by atoms with Gasteiger partial charge in [-0.05, 0) is 74.4 Å². The fourth-order valence-corrected chi connectivity index (χ4v) is 10.1. The van der Waals surface area contributed by atoms with Gasteiger partial charge >= 0.3 is 5.97 Å². The number of piperidine rings is 1. The standard InChI is InChI=1S/C46H54N2O11/c1-3-56-45(53)44-33(25-50)39(29-9-11-37(52)31(22-29)27-8-10-36-28(21-27)12-15-47-36)40-42(57-20-6-18-49)32-23-38(58-41(32)34(26-51)43(40)59-44)46(54)14-4-7-30-24-48(16-5-19-55-2)17-13-35(30)46/h4,7-8,10,12,21,25,30-31,35,38,49,51,54H,3,5-6,9,11,13-20,22-24,26H2,1-2H3/b39-29-/t30-,31-,35-,38+,46-/m1/s1. The van der Waals surface area contributed by atoms with Crippen LogP contribution in [0.2, 0.25) is 0 Å². The number of nitrogens with zero attached hydrogens (tertiary/aromatic N) is 2. The van der Waals surface area contributed by atoms with Crippen molar-refractivity contribution in [3.05, 3.63) is 80.1 Å². The van der Waals surface area contributed by atoms with Crippen molar-refractivity contribution in [1.29, 1.82) is 0 Å². The van der Waals surface area contributed by atoms with Crippen molar-refractivity contribution in [2.45, 2.75) is 82.5 Å². The van der Waals surface area contributed by atoms with E-state index in [0.717, 1.165) is 54.2 Å². The first kappa shape index (κ1) is 41.1. The lowest BCUT2D eigenvalue weighted by atomic mass is 9.66. The van der Waals surface area contributed by atoms with E-state index in [-0.39, 0.29) is 79.3 Å². The average molecular weight is 811 g/mol. The first-order valence-corrected chi connectivity index (χ1v) is 21.0. The Kier molecular flexibility index (Phi) is 12.2. The number of rotatable bonds is 14. The predicted octanol–water partition coefficient (Wildman–Crippen LogP) is 3.02. The summed E-state index contributed by atoms with van der Waals surface area (Å²) in [6.45, 7) is 4.90. The maximum Gasteiger partial charge on any atom is 0.375 e. The van der Waals surface area contributed by atoms with E-state index >= 15 is 0 Å². The van der Waals surface area contributed by atoms with Gasteiger partial charge in [-0.1, -0.05) is 29.9 Å². The Morgan fingerprint density at radius 3 is 2.78 bits per heavy atom. The van der Waals surface area contributed by atoms with Gasteiger partial charge in [-0.15, -0.1) is 0 Å². The molecule has 0 unspecified atom stereocenters. The quantitative estimate of drug-likeness (QED) is 0.110. The van der Waals surface area contributed by atoms with Gasteiger partial charge in [-0.3, -0.25) is 14.6 Å². The second kappa shape index (κ2) is 17.5. The number of fused-ring (bicyclic) bond motifs is 4. The van der Waals surface area contributed by atoms with Crippen LogP contribution in [-0.2, 0) is 36.9 Å². The summed E-state index contributed by atoms with van der Waals surface area (Å²) in [6.07, 6.45) is 9.50. The van der Waals surface area contributed by atoms with Crippen LogP contribution >= 0.6 is 0 Å². The number of ether oxygens (including phenoxy) is 5. The lowest BCUT2D eigenvalue weighted by molar-refractivity contribution is -0.141. The second-order valence-electron chi connectivity index (χ2n) is 16.3. The molecule has 6 aliphatic rings. The van der Waals surface area contributed by atoms with Crippen LogP contribution in [-0.4, -0.2) is 110 Å². The molecule has 13 heteroatoms. The number of carbonyl (C=O) groups is 3. The van der Waals surface area contributed by atoms with Crippen LogP contribution < -0.4 is 24.8 Å². The molecule has 2 fully saturated rings. The minimum atomic E-state index is -1.26. The Balaban J connectivity index is 1.25. The van der Waals surface area contributed by atoms with Gasteiger partial charge in [0.25, 0.3) is 0 Å². The molecular formula is C46H54N2O11. The lowest BCUT2D eigenvalue weighted by Gasteiger charge is -2.49. The highest BCUT2D eigenvalue weighted by Crippen LogP contribution is 2.57. The summed E-state index contributed by atoms with van der Waals surface area (Å²) in [6, 6.07) is 5.85. The number of hydrogen-bond acceptors (Lipinski definition) is 13. The normalized spacial score (nSPS) is 27.1. The molecule has 2 aromatic carbocycles. The molecule has 4 aliphatic heterocycles. The molecule has 0 radical (unpaired) electrons. The fourth-order valence-electron chi connectivity index (χ4n) is 10.1. The molecule has 2 aliphatic carbocycles. The number of carbonyl (C=O) groups excluding carboxylic acids is 3. The van der Waals surface area contributed by atoms with Crippen LogP contribution in [0.3, 0.4) is 0 Å². The number of hydrogen-bond donors (Lipinski definition) is 3. The topological polar surface area (TPSA) is 174 Å². The molecule has 314 valence electrons. The van der Waals surface area contributed by atoms with Gasteiger partial charge in [0.15, 0.2) is 6.29 Å². The number of esters is 1. The highest BCUT2D eigenvalue weighted by atomic mass is 16.6. The van der Waals surface area contributed by atoms with Crippen molar-refractivity contribution in [2.24, 2.45) is 16.8 Å². The first-order chi connectivity index (χ1) is 28.7. The number of aliphatic hydroxyl groups is 3. The molecule has 13 nitrogen and oxygen atoms in total. The molecule has 1 saturated carbocycles. The highest BCUT2D eigenvalue weighted by molar-refractivity contribution is 6.11. The average Bonchev–Trinajstić information content (AvgIpc) is 3.92. The Bertz CT molecular complexity index is 2230. The van der Waals surface area contributed by atoms with Crippen LogP contribution in [0.15, 0.2) is 52.2 Å². The molecule has 4 heterocycles. The zero-order valence-electron chi connectivity index (χ0n) is 33.9. The van der Waals surface area contributed by atoms with Crippen LogP contribution in [0, 0.1) is 11.8 Å². The number of likely N-dealkylation sites (tertiary alicyclic amines) is 1. The molecule has 0 amide bonds. The monoisotopic (exact) mass is 810 g/mol. The molecule has 5 atom stereocenters. The molecule has 1 saturated heterocycles. The van der Waals surface area contributed by atoms with Crippen molar-refractivity contribution >= 4 is 29.7 Å². The van der Waals surface area contributed by atoms with E-state index in [4.69, 9.17) is 23.7 Å². The third kappa shape index (κ3) is 7.56. The Hall–Kier alpha value is -4.66. The van der Waals surface area contributed by atoms with E-state index in [1.165, 1.54) is 0 Å². The molecule has 2 aromatic rings. The zero-order chi connectivity index (χ0) is 41.3. The van der Waals surface area contributed by atoms with Gasteiger partial charge in [-0.2, -0.15) is 0 Å². The Labute approximate surface area is 343 Å². The van der Waals surface area contributed by atoms with Crippen molar-refractivity contribution in [3.8, 4) is 17.2 Å². The second-order valence-corrected chi connectivity index (χ2v) is 16.3. The van der Waals surface area contributed by atoms with Crippen LogP contribution in [0.4, 0.5) is 0 Å². The van der Waals surface area contributed by atoms with Crippen LogP contribution in [0.5, 0.6) is 17.2 Å². The summed E-state index contributed by atoms with van der Waals surface area (Å²) in [4.78, 5) is 47.6. The van der Waals surface area contributed by atoms with Gasteiger partial charge < -0.3 is 43.9 Å². The Morgan fingerprint density at radius 1 is 1.14 bits per heavy atom. The number of benzene rings is 2. The van der Waals surface area contributed by atoms with E-state index < -0.39 is 30.2 Å². The molecule has 59 heavy (non-hydrogen) atoms. The van der Waals surface area contributed by atoms with Crippen molar-refractivity contribution in [3.63, 3.8) is 0 Å². The van der Waals surface area contributed by atoms with E-state index in [2.05, 4.69) is 16.0 Å². The minimum Gasteiger partial charge on any atom is -0.492 e. The van der Waals surface area contributed by atoms with E-state index in [1.54, 1.807) is 14.0 Å². The number of aliphatic hydroxyl groups excluding tert-OH is 2. The number of ketones is 1. The lowest BCUT2D eigenvalue weighted by Crippen LogP contribution is -2.58. The van der Waals surface area contributed by atoms with E-state index in [1.807, 2.05) is 30.4 Å². The van der Waals surface area contributed by atoms with Gasteiger partial charge in [0.1, 0.15) is 34.7 Å². The molecule has 3 N–H and O–H groups in total. The summed E-state index contributed by atoms with van der Waals surface area (Å²) in [5, 5.41) is 35.6. The smallest absolute Gasteiger partial charge is 0.375 e. The third-order valence-electron chi connectivity index (χ3n) is 12.9. The summed E-state index contributed by atoms with van der Waals surface area (Å²) in [5.74, 6) is -0.924. The predicted molar refractivity (Wildman–Crippen MR) is 216 cm³/mol. The number of aldehydes is 1. The largest absolute Gasteiger partial charge is 0.492 e. The van der Waals surface area contributed by atoms with Crippen LogP contribution in [0.1, 0.15) is 80.0 Å². The molecule has 0 spiro atoms. The zero-order valence-corrected chi connectivity index (χ0v) is 33.9. The third-order valence-corrected chi connectivity index (χ3v) is 12.9. The van der Waals surface area contributed by atoms with E-state index in [9.17, 15) is 29.7 Å². The van der Waals surface area contributed by atoms with Gasteiger partial charge in [0.05, 0.1) is 48.4 Å². The number of methoxy groups -OCH3 is 1.